The van der Waals surface area contributed by atoms with Crippen molar-refractivity contribution in [2.24, 2.45) is 0 Å². The molecule has 1 saturated heterocycles. The molecular weight excluding hydrogens is 382 g/mol. The Morgan fingerprint density at radius 2 is 1.85 bits per heavy atom. The molecule has 2 rings (SSSR count). The molecule has 1 heterocycles. The number of nitrogens with one attached hydrogen (secondary N) is 2. The molecule has 26 heavy (non-hydrogen) atoms. The van der Waals surface area contributed by atoms with E-state index in [0.717, 1.165) is 6.26 Å². The number of carbonyl (C=O) groups excluding carboxylic acids is 2. The summed E-state index contributed by atoms with van der Waals surface area (Å²) < 4.78 is 29.7. The highest BCUT2D eigenvalue weighted by Crippen LogP contribution is 2.14. The number of alkyl halides is 1. The van der Waals surface area contributed by atoms with Crippen molar-refractivity contribution in [2.75, 3.05) is 36.6 Å². The highest BCUT2D eigenvalue weighted by atomic mass is 35.5. The lowest BCUT2D eigenvalue weighted by Crippen LogP contribution is -2.46. The third-order valence-corrected chi connectivity index (χ3v) is 4.60. The Kier molecular flexibility index (Phi) is 7.10. The zero-order valence-electron chi connectivity index (χ0n) is 14.4. The van der Waals surface area contributed by atoms with Crippen molar-refractivity contribution < 1.29 is 22.7 Å². The van der Waals surface area contributed by atoms with Crippen LogP contribution in [-0.4, -0.2) is 63.2 Å². The van der Waals surface area contributed by atoms with Gasteiger partial charge in [0.25, 0.3) is 5.91 Å². The summed E-state index contributed by atoms with van der Waals surface area (Å²) in [4.78, 5) is 25.6. The lowest BCUT2D eigenvalue weighted by atomic mass is 10.0. The van der Waals surface area contributed by atoms with E-state index in [-0.39, 0.29) is 30.5 Å². The van der Waals surface area contributed by atoms with Crippen LogP contribution in [0.15, 0.2) is 24.3 Å². The summed E-state index contributed by atoms with van der Waals surface area (Å²) in [6.45, 7) is 1.19. The summed E-state index contributed by atoms with van der Waals surface area (Å²) in [6.07, 6.45) is 1.94. The predicted octanol–water partition coefficient (Wildman–Crippen LogP) is 1.63. The molecular formula is C16H22ClN3O5S. The van der Waals surface area contributed by atoms with Gasteiger partial charge in [0.2, 0.25) is 10.0 Å². The molecule has 2 amide bonds. The molecule has 1 aliphatic rings. The Balaban J connectivity index is 1.82. The maximum Gasteiger partial charge on any atom is 0.409 e. The number of piperidine rings is 1. The van der Waals surface area contributed by atoms with Crippen LogP contribution in [0.25, 0.3) is 0 Å². The Morgan fingerprint density at radius 1 is 1.23 bits per heavy atom. The van der Waals surface area contributed by atoms with Gasteiger partial charge in [-0.25, -0.2) is 13.2 Å². The summed E-state index contributed by atoms with van der Waals surface area (Å²) in [5.41, 5.74) is 0.834. The molecule has 1 aromatic carbocycles. The van der Waals surface area contributed by atoms with Gasteiger partial charge in [-0.1, -0.05) is 0 Å². The molecule has 0 bridgehead atoms. The van der Waals surface area contributed by atoms with E-state index in [1.165, 1.54) is 12.1 Å². The second-order valence-electron chi connectivity index (χ2n) is 5.99. The molecule has 0 atom stereocenters. The number of amides is 2. The first-order valence-corrected chi connectivity index (χ1v) is 10.6. The molecule has 1 aromatic rings. The van der Waals surface area contributed by atoms with Crippen LogP contribution in [0.1, 0.15) is 23.2 Å². The fraction of sp³-hybridized carbons (Fsp3) is 0.500. The number of anilines is 1. The average molecular weight is 404 g/mol. The molecule has 0 aliphatic carbocycles. The molecule has 0 unspecified atom stereocenters. The standard InChI is InChI=1S/C16H22ClN3O5S/c1-26(23,24)19-14-4-2-12(3-5-14)15(21)18-13-6-9-20(10-7-13)16(22)25-11-8-17/h2-5,13,19H,6-11H2,1H3,(H,18,21). The third-order valence-electron chi connectivity index (χ3n) is 3.84. The van der Waals surface area contributed by atoms with E-state index in [2.05, 4.69) is 10.0 Å². The van der Waals surface area contributed by atoms with Crippen molar-refractivity contribution in [2.45, 2.75) is 18.9 Å². The molecule has 10 heteroatoms. The number of halogens is 1. The fourth-order valence-corrected chi connectivity index (χ4v) is 3.24. The highest BCUT2D eigenvalue weighted by Gasteiger charge is 2.24. The molecule has 0 saturated carbocycles. The van der Waals surface area contributed by atoms with Crippen LogP contribution in [-0.2, 0) is 14.8 Å². The van der Waals surface area contributed by atoms with Crippen LogP contribution in [0.5, 0.6) is 0 Å². The molecule has 0 aromatic heterocycles. The number of benzene rings is 1. The van der Waals surface area contributed by atoms with Crippen molar-refractivity contribution in [3.05, 3.63) is 29.8 Å². The molecule has 0 spiro atoms. The zero-order valence-corrected chi connectivity index (χ0v) is 16.0. The summed E-state index contributed by atoms with van der Waals surface area (Å²) in [5, 5.41) is 2.93. The van der Waals surface area contributed by atoms with Crippen LogP contribution in [0.3, 0.4) is 0 Å². The third kappa shape index (κ3) is 6.38. The number of hydrogen-bond donors (Lipinski definition) is 2. The van der Waals surface area contributed by atoms with E-state index < -0.39 is 10.0 Å². The fourth-order valence-electron chi connectivity index (χ4n) is 2.60. The minimum absolute atomic E-state index is 0.0339. The molecule has 1 fully saturated rings. The molecule has 8 nitrogen and oxygen atoms in total. The van der Waals surface area contributed by atoms with Crippen molar-refractivity contribution >= 4 is 39.3 Å². The minimum atomic E-state index is -3.35. The van der Waals surface area contributed by atoms with E-state index in [1.54, 1.807) is 17.0 Å². The van der Waals surface area contributed by atoms with Gasteiger partial charge in [0.1, 0.15) is 6.61 Å². The zero-order chi connectivity index (χ0) is 19.2. The van der Waals surface area contributed by atoms with E-state index in [1.807, 2.05) is 0 Å². The second-order valence-corrected chi connectivity index (χ2v) is 8.12. The predicted molar refractivity (Wildman–Crippen MR) is 99.0 cm³/mol. The second kappa shape index (κ2) is 9.09. The Labute approximate surface area is 157 Å². The van der Waals surface area contributed by atoms with Gasteiger partial charge in [-0.05, 0) is 37.1 Å². The Hall–Kier alpha value is -2.00. The maximum absolute atomic E-state index is 12.3. The van der Waals surface area contributed by atoms with Gasteiger partial charge in [-0.2, -0.15) is 0 Å². The van der Waals surface area contributed by atoms with E-state index in [4.69, 9.17) is 16.3 Å². The van der Waals surface area contributed by atoms with Crippen LogP contribution >= 0.6 is 11.6 Å². The summed E-state index contributed by atoms with van der Waals surface area (Å²) in [6, 6.07) is 6.15. The number of hydrogen-bond acceptors (Lipinski definition) is 5. The van der Waals surface area contributed by atoms with Gasteiger partial charge >= 0.3 is 6.09 Å². The van der Waals surface area contributed by atoms with Gasteiger partial charge in [0.15, 0.2) is 0 Å². The summed E-state index contributed by atoms with van der Waals surface area (Å²) >= 11 is 5.49. The van der Waals surface area contributed by atoms with Gasteiger partial charge in [0.05, 0.1) is 12.1 Å². The van der Waals surface area contributed by atoms with Crippen molar-refractivity contribution in [1.29, 1.82) is 0 Å². The van der Waals surface area contributed by atoms with Crippen LogP contribution in [0.2, 0.25) is 0 Å². The number of carbonyl (C=O) groups is 2. The molecule has 2 N–H and O–H groups in total. The Morgan fingerprint density at radius 3 is 2.38 bits per heavy atom. The van der Waals surface area contributed by atoms with Crippen molar-refractivity contribution in [1.82, 2.24) is 10.2 Å². The topological polar surface area (TPSA) is 105 Å². The normalized spacial score (nSPS) is 15.4. The van der Waals surface area contributed by atoms with E-state index in [0.29, 0.717) is 37.2 Å². The van der Waals surface area contributed by atoms with Crippen molar-refractivity contribution in [3.8, 4) is 0 Å². The number of rotatable bonds is 6. The lowest BCUT2D eigenvalue weighted by Gasteiger charge is -2.31. The van der Waals surface area contributed by atoms with Gasteiger partial charge in [0, 0.05) is 30.4 Å². The average Bonchev–Trinajstić information content (AvgIpc) is 2.59. The SMILES string of the molecule is CS(=O)(=O)Nc1ccc(C(=O)NC2CCN(C(=O)OCCCl)CC2)cc1. The van der Waals surface area contributed by atoms with Crippen LogP contribution in [0, 0.1) is 0 Å². The van der Waals surface area contributed by atoms with Gasteiger partial charge in [-0.3, -0.25) is 9.52 Å². The quantitative estimate of drug-likeness (QED) is 0.702. The van der Waals surface area contributed by atoms with Crippen LogP contribution in [0.4, 0.5) is 10.5 Å². The summed E-state index contributed by atoms with van der Waals surface area (Å²) in [5.74, 6) is 0.0237. The molecule has 1 aliphatic heterocycles. The first kappa shape index (κ1) is 20.3. The molecule has 0 radical (unpaired) electrons. The number of likely N-dealkylation sites (tertiary alicyclic amines) is 1. The number of sulfonamides is 1. The van der Waals surface area contributed by atoms with E-state index >= 15 is 0 Å². The van der Waals surface area contributed by atoms with Crippen LogP contribution < -0.4 is 10.0 Å². The minimum Gasteiger partial charge on any atom is -0.448 e. The molecule has 144 valence electrons. The number of nitrogens with zero attached hydrogens (tertiary/aromatic N) is 1. The lowest BCUT2D eigenvalue weighted by molar-refractivity contribution is 0.0862. The first-order valence-electron chi connectivity index (χ1n) is 8.15. The Bertz CT molecular complexity index is 731. The van der Waals surface area contributed by atoms with Gasteiger partial charge in [-0.15, -0.1) is 11.6 Å². The first-order chi connectivity index (χ1) is 12.3. The monoisotopic (exact) mass is 403 g/mol. The maximum atomic E-state index is 12.3. The van der Waals surface area contributed by atoms with Gasteiger partial charge < -0.3 is 15.0 Å². The van der Waals surface area contributed by atoms with Crippen molar-refractivity contribution in [3.63, 3.8) is 0 Å². The summed E-state index contributed by atoms with van der Waals surface area (Å²) in [7, 11) is -3.35. The smallest absolute Gasteiger partial charge is 0.409 e. The van der Waals surface area contributed by atoms with E-state index in [9.17, 15) is 18.0 Å². The number of ether oxygens (including phenoxy) is 1. The largest absolute Gasteiger partial charge is 0.448 e. The highest BCUT2D eigenvalue weighted by molar-refractivity contribution is 7.92.